The Balaban J connectivity index is 1.97. The number of aliphatic carboxylic acids is 1. The van der Waals surface area contributed by atoms with Crippen LogP contribution in [0.1, 0.15) is 36.8 Å². The minimum absolute atomic E-state index is 0.144. The molecule has 21 heavy (non-hydrogen) atoms. The summed E-state index contributed by atoms with van der Waals surface area (Å²) in [5, 5.41) is 9.88. The Hall–Kier alpha value is -1.55. The number of ether oxygens (including phenoxy) is 2. The van der Waals surface area contributed by atoms with Crippen molar-refractivity contribution >= 4 is 5.97 Å². The lowest BCUT2D eigenvalue weighted by Gasteiger charge is -2.56. The predicted octanol–water partition coefficient (Wildman–Crippen LogP) is 2.92. The molecule has 0 unspecified atom stereocenters. The van der Waals surface area contributed by atoms with Crippen molar-refractivity contribution < 1.29 is 19.4 Å². The summed E-state index contributed by atoms with van der Waals surface area (Å²) in [5.74, 6) is -0.0478. The summed E-state index contributed by atoms with van der Waals surface area (Å²) < 4.78 is 10.8. The lowest BCUT2D eigenvalue weighted by molar-refractivity contribution is -0.160. The van der Waals surface area contributed by atoms with Crippen molar-refractivity contribution in [2.45, 2.75) is 38.0 Å². The summed E-state index contributed by atoms with van der Waals surface area (Å²) in [6.45, 7) is 3.49. The predicted molar refractivity (Wildman–Crippen MR) is 78.8 cm³/mol. The summed E-state index contributed by atoms with van der Waals surface area (Å²) in [6.07, 6.45) is 3.32. The van der Waals surface area contributed by atoms with Crippen LogP contribution >= 0.6 is 0 Å². The zero-order valence-corrected chi connectivity index (χ0v) is 12.6. The smallest absolute Gasteiger partial charge is 0.314 e. The molecule has 0 bridgehead atoms. The molecule has 3 rings (SSSR count). The molecule has 4 heteroatoms. The van der Waals surface area contributed by atoms with Gasteiger partial charge in [-0.3, -0.25) is 4.79 Å². The number of hydrogen-bond donors (Lipinski definition) is 1. The zero-order valence-electron chi connectivity index (χ0n) is 12.6. The van der Waals surface area contributed by atoms with Crippen molar-refractivity contribution in [2.75, 3.05) is 20.3 Å². The van der Waals surface area contributed by atoms with Gasteiger partial charge < -0.3 is 14.6 Å². The summed E-state index contributed by atoms with van der Waals surface area (Å²) in [5.41, 5.74) is 1.24. The number of carbonyl (C=O) groups is 1. The van der Waals surface area contributed by atoms with Crippen LogP contribution in [0.15, 0.2) is 18.2 Å². The summed E-state index contributed by atoms with van der Waals surface area (Å²) in [7, 11) is 1.60. The second kappa shape index (κ2) is 5.02. The Kier molecular flexibility index (Phi) is 3.44. The van der Waals surface area contributed by atoms with Crippen LogP contribution < -0.4 is 4.74 Å². The topological polar surface area (TPSA) is 55.8 Å². The molecule has 1 spiro atoms. The maximum Gasteiger partial charge on any atom is 0.314 e. The minimum Gasteiger partial charge on any atom is -0.496 e. The summed E-state index contributed by atoms with van der Waals surface area (Å²) in [6, 6.07) is 5.81. The highest BCUT2D eigenvalue weighted by atomic mass is 16.5. The van der Waals surface area contributed by atoms with Gasteiger partial charge in [0.05, 0.1) is 12.5 Å². The average molecular weight is 290 g/mol. The molecule has 0 amide bonds. The van der Waals surface area contributed by atoms with Crippen LogP contribution in [0.4, 0.5) is 0 Å². The van der Waals surface area contributed by atoms with E-state index in [-0.39, 0.29) is 5.41 Å². The first-order valence-electron chi connectivity index (χ1n) is 7.48. The Labute approximate surface area is 125 Å². The third-order valence-electron chi connectivity index (χ3n) is 5.19. The maximum atomic E-state index is 12.0. The van der Waals surface area contributed by atoms with Gasteiger partial charge in [-0.15, -0.1) is 0 Å². The lowest BCUT2D eigenvalue weighted by Crippen LogP contribution is -2.56. The van der Waals surface area contributed by atoms with Crippen LogP contribution in [0.5, 0.6) is 5.75 Å². The van der Waals surface area contributed by atoms with Gasteiger partial charge in [0, 0.05) is 18.8 Å². The van der Waals surface area contributed by atoms with Gasteiger partial charge in [0.25, 0.3) is 0 Å². The normalized spacial score (nSPS) is 22.6. The maximum absolute atomic E-state index is 12.0. The Morgan fingerprint density at radius 1 is 1.29 bits per heavy atom. The highest BCUT2D eigenvalue weighted by Gasteiger charge is 2.60. The first-order valence-corrected chi connectivity index (χ1v) is 7.48. The molecule has 1 aliphatic heterocycles. The van der Waals surface area contributed by atoms with Gasteiger partial charge in [0.15, 0.2) is 0 Å². The molecule has 2 aliphatic rings. The quantitative estimate of drug-likeness (QED) is 0.930. The van der Waals surface area contributed by atoms with E-state index < -0.39 is 11.4 Å². The molecule has 0 atom stereocenters. The van der Waals surface area contributed by atoms with Crippen molar-refractivity contribution in [3.63, 3.8) is 0 Å². The van der Waals surface area contributed by atoms with Crippen LogP contribution in [0.25, 0.3) is 0 Å². The molecule has 0 aromatic heterocycles. The first kappa shape index (κ1) is 14.4. The van der Waals surface area contributed by atoms with E-state index in [0.717, 1.165) is 37.2 Å². The van der Waals surface area contributed by atoms with Crippen molar-refractivity contribution in [1.82, 2.24) is 0 Å². The highest BCUT2D eigenvalue weighted by Crippen LogP contribution is 2.61. The van der Waals surface area contributed by atoms with E-state index >= 15 is 0 Å². The molecule has 1 aliphatic carbocycles. The number of hydrogen-bond acceptors (Lipinski definition) is 3. The Morgan fingerprint density at radius 3 is 2.52 bits per heavy atom. The largest absolute Gasteiger partial charge is 0.496 e. The first-order chi connectivity index (χ1) is 10.0. The molecule has 1 saturated heterocycles. The molecule has 114 valence electrons. The van der Waals surface area contributed by atoms with Gasteiger partial charge in [-0.2, -0.15) is 0 Å². The van der Waals surface area contributed by atoms with E-state index in [1.165, 1.54) is 0 Å². The van der Waals surface area contributed by atoms with Gasteiger partial charge in [0.1, 0.15) is 5.75 Å². The zero-order chi connectivity index (χ0) is 15.1. The number of rotatable bonds is 3. The van der Waals surface area contributed by atoms with Crippen LogP contribution in [-0.2, 0) is 14.9 Å². The van der Waals surface area contributed by atoms with E-state index in [0.29, 0.717) is 18.6 Å². The summed E-state index contributed by atoms with van der Waals surface area (Å²) in [4.78, 5) is 12.0. The van der Waals surface area contributed by atoms with Crippen LogP contribution in [0, 0.1) is 12.3 Å². The Morgan fingerprint density at radius 2 is 1.95 bits per heavy atom. The third-order valence-corrected chi connectivity index (χ3v) is 5.19. The van der Waals surface area contributed by atoms with Crippen molar-refractivity contribution in [3.05, 3.63) is 29.3 Å². The number of carboxylic acid groups (broad SMARTS) is 1. The van der Waals surface area contributed by atoms with E-state index in [9.17, 15) is 9.90 Å². The van der Waals surface area contributed by atoms with Gasteiger partial charge in [-0.05, 0) is 44.1 Å². The molecule has 1 heterocycles. The van der Waals surface area contributed by atoms with Gasteiger partial charge in [-0.25, -0.2) is 0 Å². The number of carboxylic acids is 1. The summed E-state index contributed by atoms with van der Waals surface area (Å²) >= 11 is 0. The van der Waals surface area contributed by atoms with Gasteiger partial charge >= 0.3 is 5.97 Å². The molecule has 0 radical (unpaired) electrons. The number of aryl methyl sites for hydroxylation is 1. The Bertz CT molecular complexity index is 550. The standard InChI is InChI=1S/C17H22O4/c1-12-3-4-14(20-2)13(9-12)17(15(18)19)10-16(11-17)5-7-21-8-6-16/h3-4,9H,5-8,10-11H2,1-2H3,(H,18,19). The second-order valence-corrected chi connectivity index (χ2v) is 6.56. The fourth-order valence-electron chi connectivity index (χ4n) is 4.04. The molecule has 1 N–H and O–H groups in total. The molecular weight excluding hydrogens is 268 g/mol. The monoisotopic (exact) mass is 290 g/mol. The van der Waals surface area contributed by atoms with E-state index in [1.807, 2.05) is 25.1 Å². The van der Waals surface area contributed by atoms with Gasteiger partial charge in [-0.1, -0.05) is 17.7 Å². The molecule has 4 nitrogen and oxygen atoms in total. The minimum atomic E-state index is -0.797. The number of benzene rings is 1. The van der Waals surface area contributed by atoms with Gasteiger partial charge in [0.2, 0.25) is 0 Å². The van der Waals surface area contributed by atoms with Crippen LogP contribution in [-0.4, -0.2) is 31.4 Å². The van der Waals surface area contributed by atoms with Crippen LogP contribution in [0.3, 0.4) is 0 Å². The molecule has 1 aromatic rings. The SMILES string of the molecule is COc1ccc(C)cc1C1(C(=O)O)CC2(CCOCC2)C1. The highest BCUT2D eigenvalue weighted by molar-refractivity contribution is 5.84. The molecule has 2 fully saturated rings. The third kappa shape index (κ3) is 2.22. The van der Waals surface area contributed by atoms with Crippen molar-refractivity contribution in [3.8, 4) is 5.75 Å². The fraction of sp³-hybridized carbons (Fsp3) is 0.588. The average Bonchev–Trinajstić information content (AvgIpc) is 2.45. The number of methoxy groups -OCH3 is 1. The molecule has 1 aromatic carbocycles. The fourth-order valence-corrected chi connectivity index (χ4v) is 4.04. The van der Waals surface area contributed by atoms with Crippen molar-refractivity contribution in [2.24, 2.45) is 5.41 Å². The van der Waals surface area contributed by atoms with E-state index in [4.69, 9.17) is 9.47 Å². The second-order valence-electron chi connectivity index (χ2n) is 6.56. The lowest BCUT2D eigenvalue weighted by atomic mass is 9.48. The van der Waals surface area contributed by atoms with E-state index in [1.54, 1.807) is 7.11 Å². The van der Waals surface area contributed by atoms with Crippen molar-refractivity contribution in [1.29, 1.82) is 0 Å². The van der Waals surface area contributed by atoms with E-state index in [2.05, 4.69) is 0 Å². The molecular formula is C17H22O4. The van der Waals surface area contributed by atoms with Crippen LogP contribution in [0.2, 0.25) is 0 Å². The molecule has 1 saturated carbocycles.